The van der Waals surface area contributed by atoms with E-state index in [-0.39, 0.29) is 11.8 Å². The Bertz CT molecular complexity index is 871. The molecular formula is C20H29N7OS. The highest BCUT2D eigenvalue weighted by atomic mass is 32.1. The molecule has 2 aromatic rings. The number of hydrogen-bond donors (Lipinski definition) is 3. The first-order valence-corrected chi connectivity index (χ1v) is 10.6. The molecule has 0 aromatic carbocycles. The van der Waals surface area contributed by atoms with Crippen LogP contribution in [-0.2, 0) is 17.9 Å². The number of rotatable bonds is 6. The maximum atomic E-state index is 11.4. The van der Waals surface area contributed by atoms with E-state index in [1.165, 1.54) is 4.88 Å². The second kappa shape index (κ2) is 9.69. The molecule has 2 aromatic heterocycles. The van der Waals surface area contributed by atoms with Crippen LogP contribution in [0.25, 0.3) is 0 Å². The number of pyridine rings is 1. The van der Waals surface area contributed by atoms with Crippen LogP contribution < -0.4 is 21.3 Å². The highest BCUT2D eigenvalue weighted by Crippen LogP contribution is 2.24. The number of aromatic nitrogens is 2. The van der Waals surface area contributed by atoms with Crippen molar-refractivity contribution >= 4 is 29.0 Å². The Morgan fingerprint density at radius 3 is 2.66 bits per heavy atom. The fraction of sp³-hybridized carbons (Fsp3) is 0.500. The Morgan fingerprint density at radius 1 is 1.31 bits per heavy atom. The number of carbonyl (C=O) groups is 1. The number of nitrogens with zero attached hydrogens (tertiary/aromatic N) is 4. The van der Waals surface area contributed by atoms with Gasteiger partial charge in [0.25, 0.3) is 0 Å². The van der Waals surface area contributed by atoms with Crippen LogP contribution in [0.3, 0.4) is 0 Å². The van der Waals surface area contributed by atoms with E-state index in [2.05, 4.69) is 36.6 Å². The molecule has 1 aliphatic heterocycles. The third kappa shape index (κ3) is 5.44. The summed E-state index contributed by atoms with van der Waals surface area (Å²) in [6.45, 7) is 6.92. The molecule has 1 fully saturated rings. The third-order valence-electron chi connectivity index (χ3n) is 5.15. The Balaban J connectivity index is 1.59. The number of primary amides is 1. The van der Waals surface area contributed by atoms with Crippen LogP contribution in [0.4, 0.5) is 5.82 Å². The van der Waals surface area contributed by atoms with Crippen molar-refractivity contribution in [2.45, 2.75) is 39.8 Å². The van der Waals surface area contributed by atoms with Crippen molar-refractivity contribution in [1.29, 1.82) is 0 Å². The molecule has 3 rings (SSSR count). The summed E-state index contributed by atoms with van der Waals surface area (Å²) in [5.41, 5.74) is 7.61. The SMILES string of the molecule is CN=C(NCc1cccnc1N1CCC(C(N)=O)CC1)NCc1sc(C)nc1C. The smallest absolute Gasteiger partial charge is 0.220 e. The number of aliphatic imine (C=N–C) groups is 1. The number of guanidine groups is 1. The monoisotopic (exact) mass is 415 g/mol. The van der Waals surface area contributed by atoms with Gasteiger partial charge in [0, 0.05) is 49.2 Å². The van der Waals surface area contributed by atoms with E-state index in [0.29, 0.717) is 13.1 Å². The molecule has 156 valence electrons. The summed E-state index contributed by atoms with van der Waals surface area (Å²) in [7, 11) is 1.76. The number of carbonyl (C=O) groups excluding carboxylic acids is 1. The number of hydrogen-bond acceptors (Lipinski definition) is 6. The zero-order valence-electron chi connectivity index (χ0n) is 17.2. The van der Waals surface area contributed by atoms with Gasteiger partial charge in [-0.2, -0.15) is 0 Å². The first kappa shape index (κ1) is 21.0. The predicted molar refractivity (Wildman–Crippen MR) is 117 cm³/mol. The van der Waals surface area contributed by atoms with Crippen molar-refractivity contribution in [1.82, 2.24) is 20.6 Å². The molecule has 4 N–H and O–H groups in total. The Morgan fingerprint density at radius 2 is 2.03 bits per heavy atom. The second-order valence-electron chi connectivity index (χ2n) is 7.17. The largest absolute Gasteiger partial charge is 0.369 e. The van der Waals surface area contributed by atoms with Crippen LogP contribution in [0.5, 0.6) is 0 Å². The molecule has 0 spiro atoms. The van der Waals surface area contributed by atoms with E-state index in [9.17, 15) is 4.79 Å². The third-order valence-corrected chi connectivity index (χ3v) is 6.22. The van der Waals surface area contributed by atoms with Gasteiger partial charge in [0.2, 0.25) is 5.91 Å². The normalized spacial score (nSPS) is 15.4. The first-order valence-electron chi connectivity index (χ1n) is 9.83. The summed E-state index contributed by atoms with van der Waals surface area (Å²) in [5, 5.41) is 7.79. The summed E-state index contributed by atoms with van der Waals surface area (Å²) in [6.07, 6.45) is 3.35. The molecule has 3 heterocycles. The van der Waals surface area contributed by atoms with Gasteiger partial charge in [0.1, 0.15) is 5.82 Å². The quantitative estimate of drug-likeness (QED) is 0.490. The lowest BCUT2D eigenvalue weighted by Crippen LogP contribution is -2.40. The van der Waals surface area contributed by atoms with Crippen LogP contribution in [-0.4, -0.2) is 42.0 Å². The lowest BCUT2D eigenvalue weighted by molar-refractivity contribution is -0.122. The maximum absolute atomic E-state index is 11.4. The van der Waals surface area contributed by atoms with Crippen LogP contribution in [0.1, 0.15) is 34.0 Å². The molecule has 9 heteroatoms. The van der Waals surface area contributed by atoms with E-state index in [0.717, 1.165) is 54.0 Å². The summed E-state index contributed by atoms with van der Waals surface area (Å²) in [4.78, 5) is 28.2. The summed E-state index contributed by atoms with van der Waals surface area (Å²) >= 11 is 1.70. The predicted octanol–water partition coefficient (Wildman–Crippen LogP) is 1.72. The number of nitrogens with two attached hydrogens (primary N) is 1. The number of nitrogens with one attached hydrogen (secondary N) is 2. The van der Waals surface area contributed by atoms with Gasteiger partial charge in [-0.25, -0.2) is 9.97 Å². The van der Waals surface area contributed by atoms with E-state index in [1.807, 2.05) is 19.9 Å². The standard InChI is InChI=1S/C20H29N7OS/c1-13-17(29-14(2)26-13)12-25-20(22-3)24-11-16-5-4-8-23-19(16)27-9-6-15(7-10-27)18(21)28/h4-5,8,15H,6-7,9-12H2,1-3H3,(H2,21,28)(H2,22,24,25). The Kier molecular flexibility index (Phi) is 7.03. The zero-order chi connectivity index (χ0) is 20.8. The van der Waals surface area contributed by atoms with Crippen molar-refractivity contribution in [2.24, 2.45) is 16.6 Å². The van der Waals surface area contributed by atoms with Gasteiger partial charge in [-0.15, -0.1) is 11.3 Å². The first-order chi connectivity index (χ1) is 14.0. The van der Waals surface area contributed by atoms with Gasteiger partial charge in [0.05, 0.1) is 17.2 Å². The number of piperidine rings is 1. The molecule has 0 atom stereocenters. The number of anilines is 1. The van der Waals surface area contributed by atoms with Crippen LogP contribution in [0, 0.1) is 19.8 Å². The number of thiazole rings is 1. The molecule has 0 saturated carbocycles. The van der Waals surface area contributed by atoms with E-state index in [4.69, 9.17) is 5.73 Å². The van der Waals surface area contributed by atoms with Gasteiger partial charge in [-0.3, -0.25) is 9.79 Å². The average Bonchev–Trinajstić information content (AvgIpc) is 3.05. The van der Waals surface area contributed by atoms with Gasteiger partial charge < -0.3 is 21.3 Å². The minimum Gasteiger partial charge on any atom is -0.369 e. The van der Waals surface area contributed by atoms with Gasteiger partial charge in [0.15, 0.2) is 5.96 Å². The molecular weight excluding hydrogens is 386 g/mol. The van der Waals surface area contributed by atoms with E-state index < -0.39 is 0 Å². The summed E-state index contributed by atoms with van der Waals surface area (Å²) < 4.78 is 0. The summed E-state index contributed by atoms with van der Waals surface area (Å²) in [6, 6.07) is 4.01. The van der Waals surface area contributed by atoms with Crippen molar-refractivity contribution in [3.05, 3.63) is 39.5 Å². The highest BCUT2D eigenvalue weighted by Gasteiger charge is 2.24. The van der Waals surface area contributed by atoms with Crippen molar-refractivity contribution < 1.29 is 4.79 Å². The van der Waals surface area contributed by atoms with Gasteiger partial charge in [-0.1, -0.05) is 6.07 Å². The highest BCUT2D eigenvalue weighted by molar-refractivity contribution is 7.11. The van der Waals surface area contributed by atoms with Crippen molar-refractivity contribution in [2.75, 3.05) is 25.0 Å². The van der Waals surface area contributed by atoms with Gasteiger partial charge >= 0.3 is 0 Å². The fourth-order valence-electron chi connectivity index (χ4n) is 3.53. The molecule has 0 bridgehead atoms. The number of aryl methyl sites for hydroxylation is 2. The maximum Gasteiger partial charge on any atom is 0.220 e. The van der Waals surface area contributed by atoms with Crippen LogP contribution in [0.15, 0.2) is 23.3 Å². The molecule has 8 nitrogen and oxygen atoms in total. The van der Waals surface area contributed by atoms with Gasteiger partial charge in [-0.05, 0) is 32.8 Å². The molecule has 1 saturated heterocycles. The molecule has 29 heavy (non-hydrogen) atoms. The topological polar surface area (TPSA) is 109 Å². The molecule has 1 aliphatic rings. The lowest BCUT2D eigenvalue weighted by atomic mass is 9.96. The Labute approximate surface area is 175 Å². The molecule has 0 aliphatic carbocycles. The molecule has 0 radical (unpaired) electrons. The van der Waals surface area contributed by atoms with Crippen molar-refractivity contribution in [3.8, 4) is 0 Å². The molecule has 0 unspecified atom stereocenters. The molecule has 1 amide bonds. The minimum absolute atomic E-state index is 0.0293. The second-order valence-corrected chi connectivity index (χ2v) is 8.46. The Hall–Kier alpha value is -2.68. The lowest BCUT2D eigenvalue weighted by Gasteiger charge is -2.32. The van der Waals surface area contributed by atoms with E-state index in [1.54, 1.807) is 24.6 Å². The minimum atomic E-state index is -0.200. The van der Waals surface area contributed by atoms with Crippen molar-refractivity contribution in [3.63, 3.8) is 0 Å². The average molecular weight is 416 g/mol. The number of amides is 1. The fourth-order valence-corrected chi connectivity index (χ4v) is 4.41. The summed E-state index contributed by atoms with van der Waals surface area (Å²) in [5.74, 6) is 1.46. The zero-order valence-corrected chi connectivity index (χ0v) is 18.1. The van der Waals surface area contributed by atoms with Crippen LogP contribution >= 0.6 is 11.3 Å². The van der Waals surface area contributed by atoms with Crippen LogP contribution in [0.2, 0.25) is 0 Å². The van der Waals surface area contributed by atoms with E-state index >= 15 is 0 Å².